The Bertz CT molecular complexity index is 1220. The predicted molar refractivity (Wildman–Crippen MR) is 115 cm³/mol. The van der Waals surface area contributed by atoms with Crippen LogP contribution in [0.15, 0.2) is 46.3 Å². The van der Waals surface area contributed by atoms with Crippen molar-refractivity contribution in [3.05, 3.63) is 73.3 Å². The Balaban J connectivity index is 1.84. The van der Waals surface area contributed by atoms with E-state index in [0.717, 1.165) is 38.2 Å². The Morgan fingerprint density at radius 1 is 1.23 bits per heavy atom. The average Bonchev–Trinajstić information content (AvgIpc) is 2.75. The van der Waals surface area contributed by atoms with Gasteiger partial charge in [0.05, 0.1) is 27.1 Å². The summed E-state index contributed by atoms with van der Waals surface area (Å²) in [4.78, 5) is 28.3. The number of phenols is 1. The van der Waals surface area contributed by atoms with Crippen LogP contribution in [0.4, 0.5) is 5.69 Å². The minimum atomic E-state index is -0.726. The third kappa shape index (κ3) is 3.78. The molecule has 0 unspecified atom stereocenters. The second kappa shape index (κ2) is 8.23. The molecule has 2 aromatic carbocycles. The molecule has 9 heteroatoms. The van der Waals surface area contributed by atoms with Gasteiger partial charge in [-0.15, -0.1) is 0 Å². The van der Waals surface area contributed by atoms with E-state index in [4.69, 9.17) is 16.6 Å². The van der Waals surface area contributed by atoms with Crippen molar-refractivity contribution in [1.29, 1.82) is 0 Å². The molecule has 0 spiro atoms. The number of hydrogen-bond acceptors (Lipinski definition) is 6. The summed E-state index contributed by atoms with van der Waals surface area (Å²) >= 11 is 5.91. The summed E-state index contributed by atoms with van der Waals surface area (Å²) in [5.74, 6) is 0.103. The van der Waals surface area contributed by atoms with Gasteiger partial charge < -0.3 is 5.11 Å². The number of aromatic hydroxyl groups is 1. The fourth-order valence-electron chi connectivity index (χ4n) is 3.82. The van der Waals surface area contributed by atoms with Gasteiger partial charge in [-0.3, -0.25) is 14.9 Å². The lowest BCUT2D eigenvalue weighted by Gasteiger charge is -2.22. The summed E-state index contributed by atoms with van der Waals surface area (Å²) in [6.45, 7) is 0. The van der Waals surface area contributed by atoms with Crippen molar-refractivity contribution in [2.24, 2.45) is 5.10 Å². The maximum Gasteiger partial charge on any atom is 0.312 e. The summed E-state index contributed by atoms with van der Waals surface area (Å²) in [6, 6.07) is 9.62. The zero-order valence-electron chi connectivity index (χ0n) is 16.0. The molecule has 0 bridgehead atoms. The second-order valence-electron chi connectivity index (χ2n) is 7.31. The number of aromatic nitrogens is 2. The normalized spacial score (nSPS) is 15.1. The summed E-state index contributed by atoms with van der Waals surface area (Å²) in [5, 5.41) is 25.5. The van der Waals surface area contributed by atoms with Crippen LogP contribution in [0.25, 0.3) is 10.9 Å². The highest BCUT2D eigenvalue weighted by Gasteiger charge is 2.22. The smallest absolute Gasteiger partial charge is 0.312 e. The zero-order chi connectivity index (χ0) is 21.3. The van der Waals surface area contributed by atoms with E-state index in [1.54, 1.807) is 18.2 Å². The molecule has 1 aromatic heterocycles. The van der Waals surface area contributed by atoms with Crippen LogP contribution in [-0.4, -0.2) is 25.9 Å². The second-order valence-corrected chi connectivity index (χ2v) is 7.72. The molecule has 8 nitrogen and oxygen atoms in total. The number of halogens is 1. The Morgan fingerprint density at radius 3 is 2.70 bits per heavy atom. The van der Waals surface area contributed by atoms with Crippen LogP contribution in [0.3, 0.4) is 0 Å². The highest BCUT2D eigenvalue weighted by Crippen LogP contribution is 2.34. The molecule has 1 heterocycles. The minimum Gasteiger partial charge on any atom is -0.501 e. The Kier molecular flexibility index (Phi) is 5.50. The number of nitrogens with zero attached hydrogens (tertiary/aromatic N) is 4. The maximum absolute atomic E-state index is 13.1. The molecule has 3 aromatic rings. The lowest BCUT2D eigenvalue weighted by Crippen LogP contribution is -2.25. The van der Waals surface area contributed by atoms with Gasteiger partial charge in [-0.05, 0) is 31.0 Å². The Hall–Kier alpha value is -3.26. The molecular formula is C21H19ClN4O4. The first-order chi connectivity index (χ1) is 14.5. The first-order valence-corrected chi connectivity index (χ1v) is 10.1. The van der Waals surface area contributed by atoms with Crippen molar-refractivity contribution in [3.8, 4) is 5.75 Å². The Labute approximate surface area is 176 Å². The molecule has 0 aliphatic heterocycles. The standard InChI is InChI=1S/C21H19ClN4O4/c22-16-10-13(11-18(19(16)27)26(29)30)12-23-25-20(14-6-2-1-3-7-14)24-17-9-5-4-8-15(17)21(25)28/h4-5,8-12,14,27H,1-3,6-7H2. The first-order valence-electron chi connectivity index (χ1n) is 9.68. The van der Waals surface area contributed by atoms with Crippen LogP contribution in [0.2, 0.25) is 5.02 Å². The van der Waals surface area contributed by atoms with Gasteiger partial charge in [-0.25, -0.2) is 4.98 Å². The van der Waals surface area contributed by atoms with E-state index >= 15 is 0 Å². The molecule has 1 aliphatic carbocycles. The number of hydrogen-bond donors (Lipinski definition) is 1. The number of fused-ring (bicyclic) bond motifs is 1. The van der Waals surface area contributed by atoms with Crippen LogP contribution in [0.5, 0.6) is 5.75 Å². The van der Waals surface area contributed by atoms with E-state index in [2.05, 4.69) is 5.10 Å². The molecule has 30 heavy (non-hydrogen) atoms. The molecule has 1 fully saturated rings. The van der Waals surface area contributed by atoms with Crippen molar-refractivity contribution in [1.82, 2.24) is 9.66 Å². The molecule has 0 saturated heterocycles. The number of para-hydroxylation sites is 1. The van der Waals surface area contributed by atoms with Crippen molar-refractivity contribution in [2.75, 3.05) is 0 Å². The molecule has 4 rings (SSSR count). The third-order valence-electron chi connectivity index (χ3n) is 5.33. The fourth-order valence-corrected chi connectivity index (χ4v) is 4.04. The number of nitro benzene ring substituents is 1. The monoisotopic (exact) mass is 426 g/mol. The number of phenolic OH excluding ortho intramolecular Hbond substituents is 1. The third-order valence-corrected chi connectivity index (χ3v) is 5.62. The van der Waals surface area contributed by atoms with Gasteiger partial charge in [0.1, 0.15) is 5.82 Å². The number of benzene rings is 2. The van der Waals surface area contributed by atoms with Crippen LogP contribution in [0.1, 0.15) is 49.4 Å². The highest BCUT2D eigenvalue weighted by molar-refractivity contribution is 6.32. The summed E-state index contributed by atoms with van der Waals surface area (Å²) in [5.41, 5.74) is 0.0919. The van der Waals surface area contributed by atoms with E-state index < -0.39 is 16.4 Å². The van der Waals surface area contributed by atoms with Gasteiger partial charge in [-0.2, -0.15) is 9.78 Å². The average molecular weight is 427 g/mol. The fraction of sp³-hybridized carbons (Fsp3) is 0.286. The van der Waals surface area contributed by atoms with E-state index in [0.29, 0.717) is 22.3 Å². The van der Waals surface area contributed by atoms with Crippen LogP contribution >= 0.6 is 11.6 Å². The zero-order valence-corrected chi connectivity index (χ0v) is 16.7. The lowest BCUT2D eigenvalue weighted by molar-refractivity contribution is -0.385. The van der Waals surface area contributed by atoms with Gasteiger partial charge in [0.25, 0.3) is 5.56 Å². The van der Waals surface area contributed by atoms with Crippen LogP contribution < -0.4 is 5.56 Å². The van der Waals surface area contributed by atoms with E-state index in [-0.39, 0.29) is 16.5 Å². The topological polar surface area (TPSA) is 111 Å². The SMILES string of the molecule is O=c1c2ccccc2nc(C2CCCCC2)n1N=Cc1cc(Cl)c(O)c([N+](=O)[O-])c1. The predicted octanol–water partition coefficient (Wildman–Crippen LogP) is 4.59. The molecule has 0 amide bonds. The number of nitro groups is 1. The van der Waals surface area contributed by atoms with Gasteiger partial charge in [0, 0.05) is 17.5 Å². The first kappa shape index (κ1) is 20.0. The molecule has 1 aliphatic rings. The van der Waals surface area contributed by atoms with Gasteiger partial charge in [0.2, 0.25) is 5.75 Å². The molecule has 0 radical (unpaired) electrons. The van der Waals surface area contributed by atoms with E-state index in [1.807, 2.05) is 6.07 Å². The Morgan fingerprint density at radius 2 is 1.97 bits per heavy atom. The molecule has 1 saturated carbocycles. The van der Waals surface area contributed by atoms with E-state index in [1.165, 1.54) is 17.0 Å². The van der Waals surface area contributed by atoms with Crippen molar-refractivity contribution in [3.63, 3.8) is 0 Å². The van der Waals surface area contributed by atoms with Crippen LogP contribution in [-0.2, 0) is 0 Å². The largest absolute Gasteiger partial charge is 0.501 e. The van der Waals surface area contributed by atoms with Crippen molar-refractivity contribution in [2.45, 2.75) is 38.0 Å². The van der Waals surface area contributed by atoms with Gasteiger partial charge >= 0.3 is 5.69 Å². The minimum absolute atomic E-state index is 0.117. The van der Waals surface area contributed by atoms with Gasteiger partial charge in [0.15, 0.2) is 0 Å². The quantitative estimate of drug-likeness (QED) is 0.372. The van der Waals surface area contributed by atoms with Crippen molar-refractivity contribution >= 4 is 34.4 Å². The van der Waals surface area contributed by atoms with Crippen LogP contribution in [0, 0.1) is 10.1 Å². The molecule has 154 valence electrons. The molecular weight excluding hydrogens is 408 g/mol. The van der Waals surface area contributed by atoms with Crippen molar-refractivity contribution < 1.29 is 10.0 Å². The summed E-state index contributed by atoms with van der Waals surface area (Å²) in [7, 11) is 0. The highest BCUT2D eigenvalue weighted by atomic mass is 35.5. The molecule has 0 atom stereocenters. The van der Waals surface area contributed by atoms with E-state index in [9.17, 15) is 20.0 Å². The molecule has 1 N–H and O–H groups in total. The summed E-state index contributed by atoms with van der Waals surface area (Å²) < 4.78 is 1.28. The van der Waals surface area contributed by atoms with Gasteiger partial charge in [-0.1, -0.05) is 43.0 Å². The maximum atomic E-state index is 13.1. The lowest BCUT2D eigenvalue weighted by atomic mass is 9.88. The number of rotatable bonds is 4. The summed E-state index contributed by atoms with van der Waals surface area (Å²) in [6.07, 6.45) is 6.47.